The van der Waals surface area contributed by atoms with Crippen molar-refractivity contribution in [2.75, 3.05) is 33.2 Å². The Bertz CT molecular complexity index is 337. The fraction of sp³-hybridized carbons (Fsp3) is 0.812. The van der Waals surface area contributed by atoms with Crippen LogP contribution in [0.1, 0.15) is 40.0 Å². The Labute approximate surface area is 129 Å². The van der Waals surface area contributed by atoms with Crippen LogP contribution in [0.4, 0.5) is 4.79 Å². The first-order valence-electron chi connectivity index (χ1n) is 7.91. The summed E-state index contributed by atoms with van der Waals surface area (Å²) >= 11 is 0. The average molecular weight is 297 g/mol. The predicted molar refractivity (Wildman–Crippen MR) is 86.5 cm³/mol. The summed E-state index contributed by atoms with van der Waals surface area (Å²) in [5.41, 5.74) is -0.443. The second kappa shape index (κ2) is 9.05. The first-order chi connectivity index (χ1) is 9.88. The number of nitrogens with one attached hydrogen (secondary N) is 2. The highest BCUT2D eigenvalue weighted by atomic mass is 16.6. The third-order valence-electron chi connectivity index (χ3n) is 3.49. The van der Waals surface area contributed by atoms with Crippen molar-refractivity contribution in [2.24, 2.45) is 0 Å². The molecule has 1 amide bonds. The Kier molecular flexibility index (Phi) is 7.75. The quantitative estimate of drug-likeness (QED) is 0.582. The van der Waals surface area contributed by atoms with E-state index in [0.717, 1.165) is 13.1 Å². The molecular formula is C16H31N3O2. The second-order valence-electron chi connectivity index (χ2n) is 6.64. The van der Waals surface area contributed by atoms with Crippen LogP contribution in [0.2, 0.25) is 0 Å². The Morgan fingerprint density at radius 1 is 1.29 bits per heavy atom. The fourth-order valence-electron chi connectivity index (χ4n) is 2.36. The van der Waals surface area contributed by atoms with Crippen molar-refractivity contribution in [1.29, 1.82) is 0 Å². The summed E-state index contributed by atoms with van der Waals surface area (Å²) in [6, 6.07) is 0.659. The number of rotatable bonds is 6. The van der Waals surface area contributed by atoms with Crippen LogP contribution < -0.4 is 10.6 Å². The van der Waals surface area contributed by atoms with Gasteiger partial charge < -0.3 is 20.3 Å². The fourth-order valence-corrected chi connectivity index (χ4v) is 2.36. The molecule has 1 heterocycles. The molecule has 122 valence electrons. The molecule has 1 saturated heterocycles. The molecule has 1 unspecified atom stereocenters. The van der Waals surface area contributed by atoms with Crippen LogP contribution in [-0.2, 0) is 4.74 Å². The van der Waals surface area contributed by atoms with Crippen molar-refractivity contribution in [1.82, 2.24) is 15.5 Å². The summed E-state index contributed by atoms with van der Waals surface area (Å²) in [5, 5.41) is 6.14. The van der Waals surface area contributed by atoms with Gasteiger partial charge in [0.25, 0.3) is 0 Å². The highest BCUT2D eigenvalue weighted by Gasteiger charge is 2.17. The van der Waals surface area contributed by atoms with Crippen LogP contribution in [0.25, 0.3) is 0 Å². The number of likely N-dealkylation sites (tertiary alicyclic amines) is 1. The molecule has 0 saturated carbocycles. The SMILES string of the molecule is CN1CCCCC1CNC/C=C/CNC(=O)OC(C)(C)C. The number of amides is 1. The number of hydrogen-bond acceptors (Lipinski definition) is 4. The molecule has 0 aromatic heterocycles. The molecule has 0 radical (unpaired) electrons. The highest BCUT2D eigenvalue weighted by molar-refractivity contribution is 5.67. The minimum atomic E-state index is -0.443. The lowest BCUT2D eigenvalue weighted by molar-refractivity contribution is 0.0534. The summed E-state index contributed by atoms with van der Waals surface area (Å²) in [6.07, 6.45) is 7.56. The monoisotopic (exact) mass is 297 g/mol. The molecule has 2 N–H and O–H groups in total. The van der Waals surface area contributed by atoms with Gasteiger partial charge in [-0.3, -0.25) is 0 Å². The van der Waals surface area contributed by atoms with E-state index >= 15 is 0 Å². The van der Waals surface area contributed by atoms with Crippen LogP contribution in [0, 0.1) is 0 Å². The van der Waals surface area contributed by atoms with Crippen LogP contribution in [0.5, 0.6) is 0 Å². The lowest BCUT2D eigenvalue weighted by Crippen LogP contribution is -2.43. The van der Waals surface area contributed by atoms with Crippen LogP contribution in [-0.4, -0.2) is 55.9 Å². The normalized spacial score (nSPS) is 20.7. The molecular weight excluding hydrogens is 266 g/mol. The lowest BCUT2D eigenvalue weighted by Gasteiger charge is -2.32. The number of likely N-dealkylation sites (N-methyl/N-ethyl adjacent to an activating group) is 1. The van der Waals surface area contributed by atoms with Gasteiger partial charge in [0.1, 0.15) is 5.60 Å². The molecule has 5 heteroatoms. The number of alkyl carbamates (subject to hydrolysis) is 1. The third kappa shape index (κ3) is 8.73. The van der Waals surface area contributed by atoms with E-state index in [9.17, 15) is 4.79 Å². The smallest absolute Gasteiger partial charge is 0.407 e. The van der Waals surface area contributed by atoms with Gasteiger partial charge >= 0.3 is 6.09 Å². The van der Waals surface area contributed by atoms with E-state index in [2.05, 4.69) is 22.6 Å². The van der Waals surface area contributed by atoms with E-state index in [1.165, 1.54) is 25.8 Å². The van der Waals surface area contributed by atoms with E-state index < -0.39 is 5.60 Å². The molecule has 1 aliphatic rings. The number of carbonyl (C=O) groups is 1. The van der Waals surface area contributed by atoms with Crippen LogP contribution in [0.3, 0.4) is 0 Å². The summed E-state index contributed by atoms with van der Waals surface area (Å²) in [7, 11) is 2.20. The van der Waals surface area contributed by atoms with Gasteiger partial charge in [-0.05, 0) is 47.2 Å². The number of nitrogens with zero attached hydrogens (tertiary/aromatic N) is 1. The van der Waals surface area contributed by atoms with E-state index in [1.807, 2.05) is 32.9 Å². The van der Waals surface area contributed by atoms with Crippen molar-refractivity contribution in [3.8, 4) is 0 Å². The van der Waals surface area contributed by atoms with E-state index in [1.54, 1.807) is 0 Å². The topological polar surface area (TPSA) is 53.6 Å². The minimum Gasteiger partial charge on any atom is -0.444 e. The van der Waals surface area contributed by atoms with Crippen LogP contribution in [0.15, 0.2) is 12.2 Å². The summed E-state index contributed by atoms with van der Waals surface area (Å²) in [6.45, 7) is 9.14. The van der Waals surface area contributed by atoms with Gasteiger partial charge in [-0.25, -0.2) is 4.79 Å². The molecule has 21 heavy (non-hydrogen) atoms. The zero-order valence-electron chi connectivity index (χ0n) is 13.9. The Morgan fingerprint density at radius 2 is 2.00 bits per heavy atom. The number of ether oxygens (including phenoxy) is 1. The first kappa shape index (κ1) is 18.0. The molecule has 0 spiro atoms. The molecule has 0 aliphatic carbocycles. The highest BCUT2D eigenvalue weighted by Crippen LogP contribution is 2.13. The standard InChI is InChI=1S/C16H31N3O2/c1-16(2,3)21-15(20)18-11-7-6-10-17-13-14-9-5-8-12-19(14)4/h6-7,14,17H,5,8-13H2,1-4H3,(H,18,20)/b7-6+. The Morgan fingerprint density at radius 3 is 2.67 bits per heavy atom. The maximum atomic E-state index is 11.4. The van der Waals surface area contributed by atoms with Crippen molar-refractivity contribution in [3.05, 3.63) is 12.2 Å². The summed E-state index contributed by atoms with van der Waals surface area (Å²) in [5.74, 6) is 0. The van der Waals surface area contributed by atoms with Gasteiger partial charge in [0.05, 0.1) is 0 Å². The zero-order chi connectivity index (χ0) is 15.7. The van der Waals surface area contributed by atoms with Crippen molar-refractivity contribution in [3.63, 3.8) is 0 Å². The maximum Gasteiger partial charge on any atom is 0.407 e. The average Bonchev–Trinajstić information content (AvgIpc) is 2.37. The number of piperidine rings is 1. The number of carbonyl (C=O) groups excluding carboxylic acids is 1. The largest absolute Gasteiger partial charge is 0.444 e. The van der Waals surface area contributed by atoms with Gasteiger partial charge in [0, 0.05) is 25.7 Å². The Hall–Kier alpha value is -1.07. The summed E-state index contributed by atoms with van der Waals surface area (Å²) in [4.78, 5) is 13.8. The van der Waals surface area contributed by atoms with E-state index in [-0.39, 0.29) is 6.09 Å². The molecule has 1 atom stereocenters. The van der Waals surface area contributed by atoms with Gasteiger partial charge in [0.2, 0.25) is 0 Å². The molecule has 1 aliphatic heterocycles. The van der Waals surface area contributed by atoms with Gasteiger partial charge in [0.15, 0.2) is 0 Å². The zero-order valence-corrected chi connectivity index (χ0v) is 13.9. The van der Waals surface area contributed by atoms with Crippen molar-refractivity contribution < 1.29 is 9.53 Å². The van der Waals surface area contributed by atoms with Crippen LogP contribution >= 0.6 is 0 Å². The minimum absolute atomic E-state index is 0.371. The van der Waals surface area contributed by atoms with Crippen molar-refractivity contribution >= 4 is 6.09 Å². The molecule has 0 bridgehead atoms. The predicted octanol–water partition coefficient (Wildman–Crippen LogP) is 2.14. The second-order valence-corrected chi connectivity index (χ2v) is 6.64. The van der Waals surface area contributed by atoms with Gasteiger partial charge in [-0.2, -0.15) is 0 Å². The van der Waals surface area contributed by atoms with Crippen molar-refractivity contribution in [2.45, 2.75) is 51.7 Å². The first-order valence-corrected chi connectivity index (χ1v) is 7.91. The van der Waals surface area contributed by atoms with E-state index in [4.69, 9.17) is 4.74 Å². The van der Waals surface area contributed by atoms with Gasteiger partial charge in [-0.1, -0.05) is 18.6 Å². The number of hydrogen-bond donors (Lipinski definition) is 2. The maximum absolute atomic E-state index is 11.4. The van der Waals surface area contributed by atoms with Gasteiger partial charge in [-0.15, -0.1) is 0 Å². The van der Waals surface area contributed by atoms with E-state index in [0.29, 0.717) is 12.6 Å². The Balaban J connectivity index is 2.03. The molecule has 1 fully saturated rings. The molecule has 0 aromatic carbocycles. The molecule has 1 rings (SSSR count). The summed E-state index contributed by atoms with van der Waals surface area (Å²) < 4.78 is 5.15. The molecule has 5 nitrogen and oxygen atoms in total. The third-order valence-corrected chi connectivity index (χ3v) is 3.49. The lowest BCUT2D eigenvalue weighted by atomic mass is 10.0. The molecule has 0 aromatic rings.